The Morgan fingerprint density at radius 2 is 1.37 bits per heavy atom. The zero-order valence-corrected chi connectivity index (χ0v) is 14.7. The molecule has 3 heteroatoms. The quantitative estimate of drug-likeness (QED) is 0.468. The van der Waals surface area contributed by atoms with E-state index in [0.29, 0.717) is 5.69 Å². The van der Waals surface area contributed by atoms with E-state index in [2.05, 4.69) is 29.3 Å². The largest absolute Gasteiger partial charge is 0.506 e. The van der Waals surface area contributed by atoms with Crippen molar-refractivity contribution >= 4 is 11.9 Å². The number of rotatable bonds is 4. The molecule has 1 N–H and O–H groups in total. The van der Waals surface area contributed by atoms with Crippen LogP contribution in [0.2, 0.25) is 0 Å². The molecule has 0 unspecified atom stereocenters. The van der Waals surface area contributed by atoms with Crippen molar-refractivity contribution in [3.63, 3.8) is 0 Å². The van der Waals surface area contributed by atoms with Crippen molar-refractivity contribution in [3.8, 4) is 28.1 Å². The first-order valence-corrected chi connectivity index (χ1v) is 8.75. The first-order chi connectivity index (χ1) is 13.3. The van der Waals surface area contributed by atoms with E-state index in [9.17, 15) is 5.11 Å². The molecule has 4 aromatic rings. The summed E-state index contributed by atoms with van der Waals surface area (Å²) >= 11 is 0. The summed E-state index contributed by atoms with van der Waals surface area (Å²) in [6.07, 6.45) is 1.67. The van der Waals surface area contributed by atoms with Crippen LogP contribution in [0, 0.1) is 0 Å². The Labute approximate surface area is 158 Å². The highest BCUT2D eigenvalue weighted by Gasteiger charge is 2.08. The lowest BCUT2D eigenvalue weighted by Gasteiger charge is -2.10. The molecule has 0 amide bonds. The number of pyridine rings is 1. The normalized spacial score (nSPS) is 11.0. The molecule has 0 aliphatic heterocycles. The van der Waals surface area contributed by atoms with E-state index < -0.39 is 0 Å². The second-order valence-corrected chi connectivity index (χ2v) is 6.11. The fraction of sp³-hybridized carbons (Fsp3) is 0. The van der Waals surface area contributed by atoms with Gasteiger partial charge in [0.1, 0.15) is 11.4 Å². The van der Waals surface area contributed by atoms with Crippen molar-refractivity contribution in [2.24, 2.45) is 4.99 Å². The molecule has 0 aliphatic rings. The molecule has 4 rings (SSSR count). The average molecular weight is 350 g/mol. The zero-order chi connectivity index (χ0) is 18.5. The predicted molar refractivity (Wildman–Crippen MR) is 110 cm³/mol. The Balaban J connectivity index is 1.71. The lowest BCUT2D eigenvalue weighted by atomic mass is 9.97. The highest BCUT2D eigenvalue weighted by molar-refractivity contribution is 5.85. The number of aromatic nitrogens is 1. The fourth-order valence-electron chi connectivity index (χ4n) is 2.96. The molecule has 0 radical (unpaired) electrons. The standard InChI is InChI=1S/C24H18N2O/c27-24-16-7-6-14-23(24)25-17-19-11-8-15-22(26-19)21-13-5-4-12-20(21)18-9-2-1-3-10-18/h1-17,27H. The fourth-order valence-corrected chi connectivity index (χ4v) is 2.96. The SMILES string of the molecule is Oc1ccccc1N=Cc1cccc(-c2ccccc2-c2ccccc2)n1. The molecule has 0 bridgehead atoms. The summed E-state index contributed by atoms with van der Waals surface area (Å²) in [6, 6.07) is 31.4. The third-order valence-corrected chi connectivity index (χ3v) is 4.28. The van der Waals surface area contributed by atoms with Crippen LogP contribution in [0.3, 0.4) is 0 Å². The molecule has 0 spiro atoms. The van der Waals surface area contributed by atoms with Gasteiger partial charge in [-0.1, -0.05) is 72.8 Å². The topological polar surface area (TPSA) is 45.5 Å². The first-order valence-electron chi connectivity index (χ1n) is 8.75. The van der Waals surface area contributed by atoms with Crippen LogP contribution in [0.15, 0.2) is 102 Å². The number of hydrogen-bond donors (Lipinski definition) is 1. The average Bonchev–Trinajstić information content (AvgIpc) is 2.74. The van der Waals surface area contributed by atoms with Crippen molar-refractivity contribution in [1.29, 1.82) is 0 Å². The van der Waals surface area contributed by atoms with Crippen molar-refractivity contribution in [1.82, 2.24) is 4.98 Å². The number of hydrogen-bond acceptors (Lipinski definition) is 3. The highest BCUT2D eigenvalue weighted by atomic mass is 16.3. The van der Waals surface area contributed by atoms with E-state index in [1.165, 1.54) is 0 Å². The Bertz CT molecular complexity index is 1090. The van der Waals surface area contributed by atoms with Crippen LogP contribution in [-0.2, 0) is 0 Å². The van der Waals surface area contributed by atoms with Gasteiger partial charge in [0.15, 0.2) is 0 Å². The summed E-state index contributed by atoms with van der Waals surface area (Å²) in [5, 5.41) is 9.85. The summed E-state index contributed by atoms with van der Waals surface area (Å²) in [6.45, 7) is 0. The Kier molecular flexibility index (Phi) is 4.75. The molecule has 3 aromatic carbocycles. The summed E-state index contributed by atoms with van der Waals surface area (Å²) < 4.78 is 0. The minimum atomic E-state index is 0.152. The number of aliphatic imine (C=N–C) groups is 1. The van der Waals surface area contributed by atoms with Crippen molar-refractivity contribution in [3.05, 3.63) is 103 Å². The molecule has 0 saturated heterocycles. The molecule has 0 fully saturated rings. The van der Waals surface area contributed by atoms with E-state index in [1.807, 2.05) is 54.6 Å². The first kappa shape index (κ1) is 16.7. The predicted octanol–water partition coefficient (Wildman–Crippen LogP) is 5.87. The lowest BCUT2D eigenvalue weighted by Crippen LogP contribution is -1.92. The lowest BCUT2D eigenvalue weighted by molar-refractivity contribution is 0.477. The van der Waals surface area contributed by atoms with Crippen LogP contribution in [0.5, 0.6) is 5.75 Å². The third-order valence-electron chi connectivity index (χ3n) is 4.28. The van der Waals surface area contributed by atoms with Gasteiger partial charge in [-0.2, -0.15) is 0 Å². The molecular weight excluding hydrogens is 332 g/mol. The zero-order valence-electron chi connectivity index (χ0n) is 14.7. The van der Waals surface area contributed by atoms with Gasteiger partial charge < -0.3 is 5.11 Å². The van der Waals surface area contributed by atoms with Gasteiger partial charge in [0, 0.05) is 5.56 Å². The van der Waals surface area contributed by atoms with E-state index in [4.69, 9.17) is 4.98 Å². The number of phenolic OH excluding ortho intramolecular Hbond substituents is 1. The van der Waals surface area contributed by atoms with Gasteiger partial charge >= 0.3 is 0 Å². The molecule has 0 saturated carbocycles. The molecule has 1 heterocycles. The third kappa shape index (κ3) is 3.77. The smallest absolute Gasteiger partial charge is 0.141 e. The van der Waals surface area contributed by atoms with E-state index >= 15 is 0 Å². The molecule has 27 heavy (non-hydrogen) atoms. The second kappa shape index (κ2) is 7.67. The van der Waals surface area contributed by atoms with Crippen LogP contribution in [0.4, 0.5) is 5.69 Å². The molecule has 0 aliphatic carbocycles. The van der Waals surface area contributed by atoms with Gasteiger partial charge in [-0.3, -0.25) is 4.99 Å². The number of para-hydroxylation sites is 2. The highest BCUT2D eigenvalue weighted by Crippen LogP contribution is 2.31. The van der Waals surface area contributed by atoms with Crippen molar-refractivity contribution < 1.29 is 5.11 Å². The second-order valence-electron chi connectivity index (χ2n) is 6.11. The number of nitrogens with zero attached hydrogens (tertiary/aromatic N) is 2. The summed E-state index contributed by atoms with van der Waals surface area (Å²) in [5.41, 5.74) is 5.51. The minimum Gasteiger partial charge on any atom is -0.506 e. The molecule has 0 atom stereocenters. The molecule has 130 valence electrons. The maximum atomic E-state index is 9.85. The maximum Gasteiger partial charge on any atom is 0.141 e. The monoisotopic (exact) mass is 350 g/mol. The summed E-state index contributed by atoms with van der Waals surface area (Å²) in [5.74, 6) is 0.152. The number of phenols is 1. The molecular formula is C24H18N2O. The molecule has 1 aromatic heterocycles. The van der Waals surface area contributed by atoms with Gasteiger partial charge in [-0.25, -0.2) is 4.98 Å². The Morgan fingerprint density at radius 3 is 2.19 bits per heavy atom. The Morgan fingerprint density at radius 1 is 0.667 bits per heavy atom. The van der Waals surface area contributed by atoms with Crippen molar-refractivity contribution in [2.75, 3.05) is 0 Å². The van der Waals surface area contributed by atoms with Crippen LogP contribution in [0.1, 0.15) is 5.69 Å². The maximum absolute atomic E-state index is 9.85. The van der Waals surface area contributed by atoms with Gasteiger partial charge in [0.2, 0.25) is 0 Å². The number of benzene rings is 3. The van der Waals surface area contributed by atoms with Gasteiger partial charge in [-0.15, -0.1) is 0 Å². The van der Waals surface area contributed by atoms with E-state index in [1.54, 1.807) is 24.4 Å². The summed E-state index contributed by atoms with van der Waals surface area (Å²) in [7, 11) is 0. The van der Waals surface area contributed by atoms with Crippen LogP contribution < -0.4 is 0 Å². The van der Waals surface area contributed by atoms with Crippen LogP contribution in [0.25, 0.3) is 22.4 Å². The molecule has 3 nitrogen and oxygen atoms in total. The van der Waals surface area contributed by atoms with E-state index in [-0.39, 0.29) is 5.75 Å². The summed E-state index contributed by atoms with van der Waals surface area (Å²) in [4.78, 5) is 9.10. The Hall–Kier alpha value is -3.72. The van der Waals surface area contributed by atoms with Gasteiger partial charge in [0.25, 0.3) is 0 Å². The van der Waals surface area contributed by atoms with E-state index in [0.717, 1.165) is 28.1 Å². The van der Waals surface area contributed by atoms with Gasteiger partial charge in [0.05, 0.1) is 17.6 Å². The van der Waals surface area contributed by atoms with Crippen LogP contribution >= 0.6 is 0 Å². The minimum absolute atomic E-state index is 0.152. The van der Waals surface area contributed by atoms with Crippen molar-refractivity contribution in [2.45, 2.75) is 0 Å². The number of aromatic hydroxyl groups is 1. The van der Waals surface area contributed by atoms with Gasteiger partial charge in [-0.05, 0) is 35.4 Å². The van der Waals surface area contributed by atoms with Crippen LogP contribution in [-0.4, -0.2) is 16.3 Å².